The highest BCUT2D eigenvalue weighted by Crippen LogP contribution is 2.06. The summed E-state index contributed by atoms with van der Waals surface area (Å²) in [6, 6.07) is 0. The second-order valence-electron chi connectivity index (χ2n) is 2.17. The molecule has 0 spiro atoms. The summed E-state index contributed by atoms with van der Waals surface area (Å²) in [7, 11) is 0. The zero-order valence-electron chi connectivity index (χ0n) is 5.69. The number of hydrogen-bond acceptors (Lipinski definition) is 4. The minimum absolute atomic E-state index is 0.000162. The Morgan fingerprint density at radius 3 is 2.27 bits per heavy atom. The molecule has 0 aromatic rings. The van der Waals surface area contributed by atoms with Crippen LogP contribution in [0, 0.1) is 0 Å². The number of aliphatic hydroxyl groups is 3. The van der Waals surface area contributed by atoms with Gasteiger partial charge in [0.15, 0.2) is 12.0 Å². The highest BCUT2D eigenvalue weighted by atomic mass is 16.4. The average Bonchev–Trinajstić information content (AvgIpc) is 2.01. The van der Waals surface area contributed by atoms with Crippen LogP contribution in [0.4, 0.5) is 0 Å². The SMILES string of the molecule is [NH]CC([NH])(O)C(O)C(O)C=O. The zero-order valence-corrected chi connectivity index (χ0v) is 5.69. The number of carbonyl (C=O) groups excluding carboxylic acids is 1. The number of aldehydes is 1. The van der Waals surface area contributed by atoms with Gasteiger partial charge in [-0.2, -0.15) is 0 Å². The van der Waals surface area contributed by atoms with Crippen molar-refractivity contribution in [3.05, 3.63) is 0 Å². The van der Waals surface area contributed by atoms with Crippen molar-refractivity contribution in [1.29, 1.82) is 0 Å². The van der Waals surface area contributed by atoms with E-state index in [1.165, 1.54) is 0 Å². The van der Waals surface area contributed by atoms with E-state index in [4.69, 9.17) is 26.8 Å². The van der Waals surface area contributed by atoms with Gasteiger partial charge in [0, 0.05) is 0 Å². The van der Waals surface area contributed by atoms with Gasteiger partial charge in [0.05, 0.1) is 6.54 Å². The summed E-state index contributed by atoms with van der Waals surface area (Å²) in [6.45, 7) is -0.806. The van der Waals surface area contributed by atoms with E-state index in [9.17, 15) is 4.79 Å². The molecule has 0 heterocycles. The lowest BCUT2D eigenvalue weighted by Crippen LogP contribution is -2.53. The van der Waals surface area contributed by atoms with Gasteiger partial charge in [0.1, 0.15) is 12.2 Å². The first-order valence-corrected chi connectivity index (χ1v) is 2.89. The van der Waals surface area contributed by atoms with Gasteiger partial charge in [-0.15, -0.1) is 0 Å². The van der Waals surface area contributed by atoms with Crippen LogP contribution in [-0.2, 0) is 4.79 Å². The van der Waals surface area contributed by atoms with Crippen LogP contribution in [0.15, 0.2) is 0 Å². The predicted octanol–water partition coefficient (Wildman–Crippen LogP) is -2.84. The normalized spacial score (nSPS) is 21.9. The van der Waals surface area contributed by atoms with Crippen molar-refractivity contribution in [3.8, 4) is 0 Å². The Kier molecular flexibility index (Phi) is 3.56. The highest BCUT2D eigenvalue weighted by Gasteiger charge is 2.36. The highest BCUT2D eigenvalue weighted by molar-refractivity contribution is 5.56. The molecule has 0 rings (SSSR count). The smallest absolute Gasteiger partial charge is 0.171 e. The average molecular weight is 162 g/mol. The third kappa shape index (κ3) is 2.52. The van der Waals surface area contributed by atoms with Crippen LogP contribution in [0.25, 0.3) is 0 Å². The maximum Gasteiger partial charge on any atom is 0.171 e. The molecule has 0 bridgehead atoms. The Labute approximate surface area is 63.4 Å². The number of rotatable bonds is 4. The van der Waals surface area contributed by atoms with Gasteiger partial charge < -0.3 is 20.1 Å². The summed E-state index contributed by atoms with van der Waals surface area (Å²) < 4.78 is 0. The van der Waals surface area contributed by atoms with E-state index in [1.54, 1.807) is 0 Å². The monoisotopic (exact) mass is 162 g/mol. The molecule has 5 N–H and O–H groups in total. The molecular weight excluding hydrogens is 152 g/mol. The number of carbonyl (C=O) groups is 1. The molecule has 6 heteroatoms. The van der Waals surface area contributed by atoms with E-state index >= 15 is 0 Å². The van der Waals surface area contributed by atoms with Crippen molar-refractivity contribution in [2.75, 3.05) is 6.54 Å². The van der Waals surface area contributed by atoms with E-state index < -0.39 is 24.5 Å². The minimum atomic E-state index is -2.49. The fourth-order valence-electron chi connectivity index (χ4n) is 0.461. The standard InChI is InChI=1S/C5H10N2O4/c6-2-5(7,11)4(10)3(9)1-8/h1,3-4,6-7,9-11H,2H2. The van der Waals surface area contributed by atoms with Gasteiger partial charge in [-0.3, -0.25) is 5.73 Å². The van der Waals surface area contributed by atoms with Crippen LogP contribution in [0.1, 0.15) is 0 Å². The van der Waals surface area contributed by atoms with Crippen molar-refractivity contribution in [2.45, 2.75) is 17.9 Å². The molecule has 0 aromatic carbocycles. The molecule has 64 valence electrons. The second-order valence-corrected chi connectivity index (χ2v) is 2.17. The molecule has 11 heavy (non-hydrogen) atoms. The van der Waals surface area contributed by atoms with Crippen molar-refractivity contribution in [1.82, 2.24) is 11.5 Å². The molecule has 0 aliphatic rings. The summed E-state index contributed by atoms with van der Waals surface area (Å²) in [5.41, 5.74) is 10.9. The van der Waals surface area contributed by atoms with E-state index in [-0.39, 0.29) is 6.29 Å². The lowest BCUT2D eigenvalue weighted by Gasteiger charge is -2.26. The van der Waals surface area contributed by atoms with Crippen molar-refractivity contribution in [3.63, 3.8) is 0 Å². The lowest BCUT2D eigenvalue weighted by molar-refractivity contribution is -0.141. The summed E-state index contributed by atoms with van der Waals surface area (Å²) in [6.07, 6.45) is -3.75. The molecule has 6 nitrogen and oxygen atoms in total. The Morgan fingerprint density at radius 1 is 1.55 bits per heavy atom. The third-order valence-corrected chi connectivity index (χ3v) is 1.22. The molecule has 0 aliphatic heterocycles. The number of nitrogens with one attached hydrogen (secondary N) is 2. The van der Waals surface area contributed by atoms with E-state index in [0.717, 1.165) is 0 Å². The Bertz CT molecular complexity index is 138. The van der Waals surface area contributed by atoms with Crippen LogP contribution in [0.2, 0.25) is 0 Å². The van der Waals surface area contributed by atoms with Crippen molar-refractivity contribution < 1.29 is 20.1 Å². The Hall–Kier alpha value is -0.530. The molecule has 0 saturated heterocycles. The maximum atomic E-state index is 9.84. The predicted molar refractivity (Wildman–Crippen MR) is 34.1 cm³/mol. The second kappa shape index (κ2) is 3.74. The molecule has 0 fully saturated rings. The van der Waals surface area contributed by atoms with Gasteiger partial charge in [-0.25, -0.2) is 5.73 Å². The fraction of sp³-hybridized carbons (Fsp3) is 0.800. The van der Waals surface area contributed by atoms with Crippen molar-refractivity contribution in [2.24, 2.45) is 0 Å². The van der Waals surface area contributed by atoms with Crippen molar-refractivity contribution >= 4 is 6.29 Å². The summed E-state index contributed by atoms with van der Waals surface area (Å²) in [4.78, 5) is 9.84. The summed E-state index contributed by atoms with van der Waals surface area (Å²) >= 11 is 0. The van der Waals surface area contributed by atoms with Crippen LogP contribution in [0.3, 0.4) is 0 Å². The first-order chi connectivity index (χ1) is 4.95. The van der Waals surface area contributed by atoms with Gasteiger partial charge >= 0.3 is 0 Å². The van der Waals surface area contributed by atoms with E-state index in [0.29, 0.717) is 0 Å². The molecule has 3 unspecified atom stereocenters. The maximum absolute atomic E-state index is 9.84. The van der Waals surface area contributed by atoms with E-state index in [2.05, 4.69) is 0 Å². The molecule has 0 aromatic heterocycles. The van der Waals surface area contributed by atoms with Gasteiger partial charge in [0.2, 0.25) is 0 Å². The van der Waals surface area contributed by atoms with Gasteiger partial charge in [0.25, 0.3) is 0 Å². The molecule has 2 radical (unpaired) electrons. The zero-order chi connectivity index (χ0) is 9.07. The summed E-state index contributed by atoms with van der Waals surface area (Å²) in [5, 5.41) is 26.2. The molecule has 0 amide bonds. The number of hydrogen-bond donors (Lipinski definition) is 3. The van der Waals surface area contributed by atoms with Crippen LogP contribution >= 0.6 is 0 Å². The molecule has 0 aliphatic carbocycles. The number of aliphatic hydroxyl groups excluding tert-OH is 2. The fourth-order valence-corrected chi connectivity index (χ4v) is 0.461. The molecule has 3 atom stereocenters. The Balaban J connectivity index is 4.21. The molecule has 0 saturated carbocycles. The lowest BCUT2D eigenvalue weighted by atomic mass is 10.0. The first-order valence-electron chi connectivity index (χ1n) is 2.89. The minimum Gasteiger partial charge on any atom is -0.385 e. The summed E-state index contributed by atoms with van der Waals surface area (Å²) in [5.74, 6) is 0. The quantitative estimate of drug-likeness (QED) is 0.385. The van der Waals surface area contributed by atoms with E-state index in [1.807, 2.05) is 0 Å². The third-order valence-electron chi connectivity index (χ3n) is 1.22. The van der Waals surface area contributed by atoms with Crippen LogP contribution in [-0.4, -0.2) is 46.1 Å². The largest absolute Gasteiger partial charge is 0.385 e. The first kappa shape index (κ1) is 10.5. The van der Waals surface area contributed by atoms with Gasteiger partial charge in [-0.05, 0) is 0 Å². The Morgan fingerprint density at radius 2 is 2.00 bits per heavy atom. The molecular formula is C5H10N2O4. The van der Waals surface area contributed by atoms with Crippen LogP contribution in [0.5, 0.6) is 0 Å². The van der Waals surface area contributed by atoms with Crippen LogP contribution < -0.4 is 11.5 Å². The van der Waals surface area contributed by atoms with Gasteiger partial charge in [-0.1, -0.05) is 0 Å². The topological polar surface area (TPSA) is 125 Å².